The van der Waals surface area contributed by atoms with Crippen molar-refractivity contribution in [1.82, 2.24) is 0 Å². The molecule has 5 nitrogen and oxygen atoms in total. The molecule has 2 aromatic rings. The van der Waals surface area contributed by atoms with Crippen LogP contribution in [0.1, 0.15) is 4.88 Å². The van der Waals surface area contributed by atoms with Crippen molar-refractivity contribution in [1.29, 1.82) is 0 Å². The molecule has 0 aliphatic carbocycles. The van der Waals surface area contributed by atoms with Crippen LogP contribution >= 0.6 is 11.3 Å². The zero-order valence-corrected chi connectivity index (χ0v) is 12.6. The Morgan fingerprint density at radius 3 is 2.38 bits per heavy atom. The molecule has 0 bridgehead atoms. The molecule has 0 aliphatic rings. The van der Waals surface area contributed by atoms with Gasteiger partial charge in [0.2, 0.25) is 0 Å². The fraction of sp³-hybridized carbons (Fsp3) is 0.333. The molecule has 0 saturated heterocycles. The third-order valence-corrected chi connectivity index (χ3v) is 4.27. The van der Waals surface area contributed by atoms with Gasteiger partial charge in [0.15, 0.2) is 0 Å². The summed E-state index contributed by atoms with van der Waals surface area (Å²) >= 11 is 1.61. The molecule has 114 valence electrons. The minimum atomic E-state index is 0.0250. The molecule has 0 spiro atoms. The number of aliphatic hydroxyl groups is 2. The van der Waals surface area contributed by atoms with Crippen LogP contribution in [0.25, 0.3) is 11.1 Å². The zero-order valence-electron chi connectivity index (χ0n) is 11.8. The average molecular weight is 307 g/mol. The first-order valence-electron chi connectivity index (χ1n) is 6.84. The number of nitrogens with two attached hydrogens (primary N) is 2. The smallest absolute Gasteiger partial charge is 0.0606 e. The van der Waals surface area contributed by atoms with Crippen molar-refractivity contribution < 1.29 is 10.2 Å². The van der Waals surface area contributed by atoms with Crippen molar-refractivity contribution in [2.45, 2.75) is 6.54 Å². The molecule has 0 atom stereocenters. The molecule has 2 rings (SSSR count). The molecule has 1 aromatic carbocycles. The van der Waals surface area contributed by atoms with E-state index in [0.717, 1.165) is 21.7 Å². The standard InChI is InChI=1S/C15H21N3O2S/c16-10-15-12(3-8-21-15)13-9-11(17)1-2-14(13)18(4-6-19)5-7-20/h1-3,8-9,19-20H,4-7,10,16-17H2. The summed E-state index contributed by atoms with van der Waals surface area (Å²) in [5, 5.41) is 20.5. The quantitative estimate of drug-likeness (QED) is 0.577. The molecule has 0 radical (unpaired) electrons. The van der Waals surface area contributed by atoms with Gasteiger partial charge in [0, 0.05) is 41.4 Å². The fourth-order valence-corrected chi connectivity index (χ4v) is 3.15. The van der Waals surface area contributed by atoms with Crippen LogP contribution in [0.15, 0.2) is 29.6 Å². The van der Waals surface area contributed by atoms with Crippen LogP contribution in [-0.2, 0) is 6.54 Å². The largest absolute Gasteiger partial charge is 0.399 e. The van der Waals surface area contributed by atoms with Gasteiger partial charge >= 0.3 is 0 Å². The summed E-state index contributed by atoms with van der Waals surface area (Å²) in [5.41, 5.74) is 15.4. The number of nitrogen functional groups attached to an aromatic ring is 1. The Hall–Kier alpha value is -1.60. The van der Waals surface area contributed by atoms with Gasteiger partial charge in [0.25, 0.3) is 0 Å². The van der Waals surface area contributed by atoms with Crippen LogP contribution in [0.5, 0.6) is 0 Å². The van der Waals surface area contributed by atoms with Crippen molar-refractivity contribution in [3.8, 4) is 11.1 Å². The first-order chi connectivity index (χ1) is 10.2. The number of aliphatic hydroxyl groups excluding tert-OH is 2. The first-order valence-corrected chi connectivity index (χ1v) is 7.72. The Balaban J connectivity index is 2.51. The summed E-state index contributed by atoms with van der Waals surface area (Å²) in [6.45, 7) is 1.44. The lowest BCUT2D eigenvalue weighted by Gasteiger charge is -2.26. The highest BCUT2D eigenvalue weighted by atomic mass is 32.1. The highest BCUT2D eigenvalue weighted by Crippen LogP contribution is 2.36. The van der Waals surface area contributed by atoms with Crippen molar-refractivity contribution in [2.75, 3.05) is 36.9 Å². The molecule has 21 heavy (non-hydrogen) atoms. The summed E-state index contributed by atoms with van der Waals surface area (Å²) < 4.78 is 0. The number of benzene rings is 1. The van der Waals surface area contributed by atoms with Crippen LogP contribution in [0.2, 0.25) is 0 Å². The topological polar surface area (TPSA) is 95.7 Å². The van der Waals surface area contributed by atoms with Crippen LogP contribution in [0, 0.1) is 0 Å². The molecule has 6 heteroatoms. The van der Waals surface area contributed by atoms with E-state index in [1.807, 2.05) is 34.5 Å². The number of hydrogen-bond donors (Lipinski definition) is 4. The second kappa shape index (κ2) is 7.42. The predicted octanol–water partition coefficient (Wildman–Crippen LogP) is 1.25. The van der Waals surface area contributed by atoms with Crippen LogP contribution in [0.4, 0.5) is 11.4 Å². The monoisotopic (exact) mass is 307 g/mol. The SMILES string of the molecule is NCc1sccc1-c1cc(N)ccc1N(CCO)CCO. The molecule has 1 aromatic heterocycles. The minimum absolute atomic E-state index is 0.0250. The van der Waals surface area contributed by atoms with Gasteiger partial charge in [-0.3, -0.25) is 0 Å². The van der Waals surface area contributed by atoms with E-state index in [1.54, 1.807) is 11.3 Å². The summed E-state index contributed by atoms with van der Waals surface area (Å²) in [6, 6.07) is 7.70. The van der Waals surface area contributed by atoms with Gasteiger partial charge in [-0.1, -0.05) is 0 Å². The maximum Gasteiger partial charge on any atom is 0.0606 e. The third-order valence-electron chi connectivity index (χ3n) is 3.32. The Bertz CT molecular complexity index is 580. The Labute approximate surface area is 128 Å². The highest BCUT2D eigenvalue weighted by molar-refractivity contribution is 7.10. The van der Waals surface area contributed by atoms with Crippen molar-refractivity contribution in [2.24, 2.45) is 5.73 Å². The van der Waals surface area contributed by atoms with Crippen LogP contribution in [-0.4, -0.2) is 36.5 Å². The Kier molecular flexibility index (Phi) is 5.58. The van der Waals surface area contributed by atoms with Gasteiger partial charge in [-0.2, -0.15) is 0 Å². The fourth-order valence-electron chi connectivity index (χ4n) is 2.38. The van der Waals surface area contributed by atoms with Gasteiger partial charge in [-0.15, -0.1) is 11.3 Å². The Morgan fingerprint density at radius 2 is 1.76 bits per heavy atom. The lowest BCUT2D eigenvalue weighted by atomic mass is 10.0. The normalized spacial score (nSPS) is 10.8. The molecule has 0 unspecified atom stereocenters. The first kappa shape index (κ1) is 15.8. The lowest BCUT2D eigenvalue weighted by molar-refractivity contribution is 0.281. The third kappa shape index (κ3) is 3.54. The van der Waals surface area contributed by atoms with E-state index in [2.05, 4.69) is 0 Å². The number of hydrogen-bond acceptors (Lipinski definition) is 6. The molecule has 0 saturated carbocycles. The predicted molar refractivity (Wildman–Crippen MR) is 88.4 cm³/mol. The van der Waals surface area contributed by atoms with Crippen molar-refractivity contribution in [3.05, 3.63) is 34.5 Å². The minimum Gasteiger partial charge on any atom is -0.399 e. The van der Waals surface area contributed by atoms with E-state index in [4.69, 9.17) is 11.5 Å². The molecule has 0 aliphatic heterocycles. The number of anilines is 2. The molecule has 0 fully saturated rings. The van der Waals surface area contributed by atoms with Gasteiger partial charge in [0.05, 0.1) is 13.2 Å². The second-order valence-electron chi connectivity index (χ2n) is 4.67. The van der Waals surface area contributed by atoms with Gasteiger partial charge in [0.1, 0.15) is 0 Å². The van der Waals surface area contributed by atoms with Crippen LogP contribution in [0.3, 0.4) is 0 Å². The molecule has 1 heterocycles. The molecular weight excluding hydrogens is 286 g/mol. The van der Waals surface area contributed by atoms with Crippen molar-refractivity contribution in [3.63, 3.8) is 0 Å². The van der Waals surface area contributed by atoms with Crippen LogP contribution < -0.4 is 16.4 Å². The maximum absolute atomic E-state index is 9.24. The Morgan fingerprint density at radius 1 is 1.05 bits per heavy atom. The zero-order chi connectivity index (χ0) is 15.2. The molecule has 6 N–H and O–H groups in total. The summed E-state index contributed by atoms with van der Waals surface area (Å²) in [5.74, 6) is 0. The summed E-state index contributed by atoms with van der Waals surface area (Å²) in [7, 11) is 0. The van der Waals surface area contributed by atoms with Gasteiger partial charge in [-0.25, -0.2) is 0 Å². The van der Waals surface area contributed by atoms with Gasteiger partial charge < -0.3 is 26.6 Å². The van der Waals surface area contributed by atoms with E-state index < -0.39 is 0 Å². The number of thiophene rings is 1. The molecule has 0 amide bonds. The maximum atomic E-state index is 9.24. The number of rotatable bonds is 7. The van der Waals surface area contributed by atoms with E-state index >= 15 is 0 Å². The van der Waals surface area contributed by atoms with E-state index in [-0.39, 0.29) is 13.2 Å². The van der Waals surface area contributed by atoms with E-state index in [1.165, 1.54) is 0 Å². The average Bonchev–Trinajstić information content (AvgIpc) is 2.95. The summed E-state index contributed by atoms with van der Waals surface area (Å²) in [4.78, 5) is 3.04. The summed E-state index contributed by atoms with van der Waals surface area (Å²) in [6.07, 6.45) is 0. The van der Waals surface area contributed by atoms with Crippen molar-refractivity contribution >= 4 is 22.7 Å². The number of nitrogens with zero attached hydrogens (tertiary/aromatic N) is 1. The van der Waals surface area contributed by atoms with E-state index in [0.29, 0.717) is 25.3 Å². The highest BCUT2D eigenvalue weighted by Gasteiger charge is 2.15. The second-order valence-corrected chi connectivity index (χ2v) is 5.67. The lowest BCUT2D eigenvalue weighted by Crippen LogP contribution is -2.30. The molecular formula is C15H21N3O2S. The van der Waals surface area contributed by atoms with Gasteiger partial charge in [-0.05, 0) is 35.2 Å². The van der Waals surface area contributed by atoms with E-state index in [9.17, 15) is 10.2 Å².